The number of aromatic amines is 1. The highest BCUT2D eigenvalue weighted by molar-refractivity contribution is 8.00. The minimum atomic E-state index is -0.847. The Labute approximate surface area is 285 Å². The number of aromatic nitrogens is 1. The fraction of sp³-hybridized carbons (Fsp3) is 0.457. The van der Waals surface area contributed by atoms with Gasteiger partial charge in [0.1, 0.15) is 0 Å². The highest BCUT2D eigenvalue weighted by Gasteiger charge is 2.69. The number of unbranched alkanes of at least 4 members (excludes halogenated alkanes) is 2. The van der Waals surface area contributed by atoms with Crippen molar-refractivity contribution in [3.05, 3.63) is 68.6 Å². The molecule has 2 bridgehead atoms. The van der Waals surface area contributed by atoms with E-state index in [0.717, 1.165) is 21.9 Å². The Balaban J connectivity index is 1.13. The molecule has 1 saturated heterocycles. The minimum absolute atomic E-state index is 0.0135. The number of fused-ring (bicyclic) bond motifs is 9. The normalized spacial score (nSPS) is 26.6. The quantitative estimate of drug-likeness (QED) is 0.166. The summed E-state index contributed by atoms with van der Waals surface area (Å²) in [5.74, 6) is -1.36. The van der Waals surface area contributed by atoms with Crippen molar-refractivity contribution in [1.29, 1.82) is 0 Å². The van der Waals surface area contributed by atoms with E-state index in [1.54, 1.807) is 30.0 Å². The number of ether oxygens (including phenoxy) is 2. The van der Waals surface area contributed by atoms with E-state index in [4.69, 9.17) is 14.6 Å². The molecule has 0 spiro atoms. The first-order valence-electron chi connectivity index (χ1n) is 16.5. The summed E-state index contributed by atoms with van der Waals surface area (Å²) >= 11 is 2.83. The molecule has 252 valence electrons. The molecule has 3 aromatic rings. The Hall–Kier alpha value is -4.10. The number of carboxylic acid groups (broad SMARTS) is 1. The van der Waals surface area contributed by atoms with Crippen molar-refractivity contribution in [3.63, 3.8) is 0 Å². The first-order valence-corrected chi connectivity index (χ1v) is 18.2. The number of benzene rings is 2. The van der Waals surface area contributed by atoms with Gasteiger partial charge in [-0.1, -0.05) is 42.0 Å². The Morgan fingerprint density at radius 3 is 2.50 bits per heavy atom. The summed E-state index contributed by atoms with van der Waals surface area (Å²) in [6.07, 6.45) is 2.61. The molecule has 4 aliphatic rings. The van der Waals surface area contributed by atoms with Gasteiger partial charge in [-0.2, -0.15) is 0 Å². The van der Waals surface area contributed by atoms with Gasteiger partial charge in [0, 0.05) is 34.7 Å². The van der Waals surface area contributed by atoms with E-state index in [0.29, 0.717) is 49.6 Å². The van der Waals surface area contributed by atoms with Gasteiger partial charge in [-0.05, 0) is 73.8 Å². The van der Waals surface area contributed by atoms with Crippen LogP contribution in [0.25, 0.3) is 0 Å². The smallest absolute Gasteiger partial charge is 0.305 e. The molecule has 3 amide bonds. The van der Waals surface area contributed by atoms with Crippen LogP contribution in [0.4, 0.5) is 5.69 Å². The summed E-state index contributed by atoms with van der Waals surface area (Å²) in [5.41, 5.74) is 1.61. The Morgan fingerprint density at radius 2 is 1.75 bits per heavy atom. The highest BCUT2D eigenvalue weighted by atomic mass is 32.2. The number of aliphatic carboxylic acids is 1. The lowest BCUT2D eigenvalue weighted by Gasteiger charge is -2.43. The molecule has 2 aliphatic carbocycles. The highest BCUT2D eigenvalue weighted by Crippen LogP contribution is 2.68. The molecule has 7 rings (SSSR count). The maximum atomic E-state index is 13.8. The Bertz CT molecular complexity index is 1790. The average Bonchev–Trinajstić information content (AvgIpc) is 3.80. The van der Waals surface area contributed by atoms with Crippen LogP contribution in [-0.4, -0.2) is 63.7 Å². The van der Waals surface area contributed by atoms with E-state index >= 15 is 0 Å². The van der Waals surface area contributed by atoms with Gasteiger partial charge in [-0.15, -0.1) is 11.8 Å². The van der Waals surface area contributed by atoms with Crippen LogP contribution in [0.3, 0.4) is 0 Å². The van der Waals surface area contributed by atoms with Crippen molar-refractivity contribution in [3.8, 4) is 11.5 Å². The van der Waals surface area contributed by atoms with E-state index in [2.05, 4.69) is 10.3 Å². The van der Waals surface area contributed by atoms with Crippen molar-refractivity contribution in [2.75, 3.05) is 25.1 Å². The van der Waals surface area contributed by atoms with Crippen molar-refractivity contribution in [2.45, 2.75) is 55.2 Å². The molecule has 3 fully saturated rings. The summed E-state index contributed by atoms with van der Waals surface area (Å²) in [5, 5.41) is 12.6. The summed E-state index contributed by atoms with van der Waals surface area (Å²) < 4.78 is 11.9. The molecular formula is C35H37N3O8S2. The molecule has 11 nitrogen and oxygen atoms in total. The number of carbonyl (C=O) groups is 4. The van der Waals surface area contributed by atoms with Gasteiger partial charge < -0.3 is 24.9 Å². The van der Waals surface area contributed by atoms with Crippen LogP contribution >= 0.6 is 23.1 Å². The summed E-state index contributed by atoms with van der Waals surface area (Å²) in [6, 6.07) is 14.8. The number of H-pyrrole nitrogens is 1. The fourth-order valence-electron chi connectivity index (χ4n) is 8.36. The number of carboxylic acids is 1. The van der Waals surface area contributed by atoms with Crippen LogP contribution < -0.4 is 19.7 Å². The van der Waals surface area contributed by atoms with Gasteiger partial charge in [0.15, 0.2) is 18.1 Å². The second-order valence-electron chi connectivity index (χ2n) is 12.8. The number of hydrogen-bond donors (Lipinski definition) is 3. The van der Waals surface area contributed by atoms with Crippen molar-refractivity contribution < 1.29 is 33.8 Å². The van der Waals surface area contributed by atoms with Crippen molar-refractivity contribution >= 4 is 52.5 Å². The van der Waals surface area contributed by atoms with Crippen LogP contribution in [0.15, 0.2) is 58.4 Å². The van der Waals surface area contributed by atoms with Gasteiger partial charge in [0.25, 0.3) is 5.91 Å². The molecule has 2 aliphatic heterocycles. The number of likely N-dealkylation sites (tertiary alicyclic amines) is 1. The number of nitrogens with zero attached hydrogens (tertiary/aromatic N) is 1. The molecule has 0 radical (unpaired) electrons. The van der Waals surface area contributed by atoms with E-state index in [-0.39, 0.29) is 76.4 Å². The minimum Gasteiger partial charge on any atom is -0.490 e. The second-order valence-corrected chi connectivity index (χ2v) is 15.0. The molecule has 3 heterocycles. The number of amides is 3. The molecule has 6 unspecified atom stereocenters. The molecular weight excluding hydrogens is 655 g/mol. The number of para-hydroxylation sites is 1. The number of carbonyl (C=O) groups excluding carboxylic acids is 3. The van der Waals surface area contributed by atoms with Crippen LogP contribution in [0.2, 0.25) is 0 Å². The van der Waals surface area contributed by atoms with E-state index in [1.807, 2.05) is 37.3 Å². The van der Waals surface area contributed by atoms with Gasteiger partial charge in [-0.25, -0.2) is 0 Å². The molecule has 2 aromatic carbocycles. The maximum Gasteiger partial charge on any atom is 0.305 e. The fourth-order valence-corrected chi connectivity index (χ4v) is 11.3. The van der Waals surface area contributed by atoms with Crippen molar-refractivity contribution in [2.24, 2.45) is 29.6 Å². The Morgan fingerprint density at radius 1 is 0.979 bits per heavy atom. The zero-order chi connectivity index (χ0) is 33.5. The van der Waals surface area contributed by atoms with E-state index in [9.17, 15) is 24.0 Å². The molecule has 48 heavy (non-hydrogen) atoms. The first kappa shape index (κ1) is 32.4. The van der Waals surface area contributed by atoms with Crippen molar-refractivity contribution in [1.82, 2.24) is 9.88 Å². The monoisotopic (exact) mass is 691 g/mol. The number of hydrogen-bond acceptors (Lipinski definition) is 9. The van der Waals surface area contributed by atoms with E-state index < -0.39 is 5.97 Å². The third kappa shape index (κ3) is 5.91. The number of imide groups is 1. The molecule has 1 aromatic heterocycles. The molecule has 7 atom stereocenters. The molecule has 2 saturated carbocycles. The topological polar surface area (TPSA) is 155 Å². The van der Waals surface area contributed by atoms with Crippen LogP contribution in [0.1, 0.15) is 55.4 Å². The zero-order valence-electron chi connectivity index (χ0n) is 26.4. The summed E-state index contributed by atoms with van der Waals surface area (Å²) in [4.78, 5) is 68.9. The van der Waals surface area contributed by atoms with E-state index in [1.165, 1.54) is 16.2 Å². The number of rotatable bonds is 13. The van der Waals surface area contributed by atoms with Crippen LogP contribution in [0.5, 0.6) is 11.5 Å². The maximum absolute atomic E-state index is 13.8. The van der Waals surface area contributed by atoms with Gasteiger partial charge in [0.05, 0.1) is 23.5 Å². The van der Waals surface area contributed by atoms with Crippen LogP contribution in [0, 0.1) is 29.6 Å². The van der Waals surface area contributed by atoms with Gasteiger partial charge in [-0.3, -0.25) is 28.9 Å². The lowest BCUT2D eigenvalue weighted by atomic mass is 9.68. The number of anilines is 1. The predicted molar refractivity (Wildman–Crippen MR) is 179 cm³/mol. The lowest BCUT2D eigenvalue weighted by Crippen LogP contribution is -2.42. The number of nitrogens with one attached hydrogen (secondary N) is 2. The largest absolute Gasteiger partial charge is 0.490 e. The van der Waals surface area contributed by atoms with Gasteiger partial charge in [0.2, 0.25) is 11.8 Å². The first-order chi connectivity index (χ1) is 23.2. The molecule has 3 N–H and O–H groups in total. The standard InChI is InChI=1S/C35H37N3O8S2/c1-2-45-23-15-18(12-13-22(23)46-17-24(39)36-19-9-5-3-6-10-19)26-27-20-16-21(30(27)47-32-31(26)48-35(44)37-32)29-28(20)33(42)38(34(29)43)14-8-4-7-11-25(40)41/h3,5-6,9-10,12-13,15,20-21,26-30H,2,4,7-8,11,14,16-17H2,1H3,(H,36,39)(H,37,44)(H,40,41)/t20?,21?,26-,27?,28?,29?,30?/m1/s1. The third-order valence-electron chi connectivity index (χ3n) is 10.1. The number of thioether (sulfide) groups is 1. The summed E-state index contributed by atoms with van der Waals surface area (Å²) in [6.45, 7) is 2.36. The average molecular weight is 692 g/mol. The third-order valence-corrected chi connectivity index (χ3v) is 12.7. The number of thiazole rings is 1. The second kappa shape index (κ2) is 13.4. The summed E-state index contributed by atoms with van der Waals surface area (Å²) in [7, 11) is 0. The van der Waals surface area contributed by atoms with Crippen LogP contribution in [-0.2, 0) is 19.2 Å². The lowest BCUT2D eigenvalue weighted by molar-refractivity contribution is -0.141. The Kier molecular flexibility index (Phi) is 9.08. The SMILES string of the molecule is CCOc1cc([C@H]2c3sc(=O)[nH]c3SC3C4CC(C5C(=O)N(CCCCCC(=O)O)C(=O)C45)C32)ccc1OCC(=O)Nc1ccccc1. The zero-order valence-corrected chi connectivity index (χ0v) is 28.0. The van der Waals surface area contributed by atoms with Gasteiger partial charge >= 0.3 is 10.8 Å². The molecule has 13 heteroatoms. The predicted octanol–water partition coefficient (Wildman–Crippen LogP) is 4.97.